The molecule has 0 unspecified atom stereocenters. The fourth-order valence-electron chi connectivity index (χ4n) is 2.93. The number of ether oxygens (including phenoxy) is 1. The van der Waals surface area contributed by atoms with E-state index in [0.717, 1.165) is 5.56 Å². The first-order valence-corrected chi connectivity index (χ1v) is 8.95. The quantitative estimate of drug-likeness (QED) is 0.653. The van der Waals surface area contributed by atoms with Crippen LogP contribution >= 0.6 is 0 Å². The van der Waals surface area contributed by atoms with Gasteiger partial charge in [0.2, 0.25) is 0 Å². The Labute approximate surface area is 163 Å². The van der Waals surface area contributed by atoms with Crippen molar-refractivity contribution in [3.8, 4) is 16.9 Å². The summed E-state index contributed by atoms with van der Waals surface area (Å²) >= 11 is 0. The molecule has 28 heavy (non-hydrogen) atoms. The number of aryl methyl sites for hydroxylation is 1. The highest BCUT2D eigenvalue weighted by Gasteiger charge is 2.21. The van der Waals surface area contributed by atoms with Crippen LogP contribution in [-0.4, -0.2) is 38.5 Å². The number of carbonyl (C=O) groups is 1. The second-order valence-electron chi connectivity index (χ2n) is 6.88. The van der Waals surface area contributed by atoms with E-state index in [1.54, 1.807) is 52.6 Å². The summed E-state index contributed by atoms with van der Waals surface area (Å²) in [5.74, 6) is 0.0342. The molecular formula is C21H23FN4O2. The number of pyridine rings is 1. The molecule has 0 bridgehead atoms. The van der Waals surface area contributed by atoms with E-state index in [9.17, 15) is 9.18 Å². The Morgan fingerprint density at radius 3 is 2.71 bits per heavy atom. The molecule has 1 aromatic carbocycles. The summed E-state index contributed by atoms with van der Waals surface area (Å²) in [4.78, 5) is 22.8. The van der Waals surface area contributed by atoms with Crippen LogP contribution in [0.15, 0.2) is 49.2 Å². The maximum Gasteiger partial charge on any atom is 0.274 e. The molecule has 0 fully saturated rings. The lowest BCUT2D eigenvalue weighted by molar-refractivity contribution is 0.0684. The molecule has 7 heteroatoms. The van der Waals surface area contributed by atoms with Crippen LogP contribution in [0.1, 0.15) is 29.9 Å². The lowest BCUT2D eigenvalue weighted by Crippen LogP contribution is -2.36. The van der Waals surface area contributed by atoms with Gasteiger partial charge in [0.15, 0.2) is 0 Å². The van der Waals surface area contributed by atoms with Gasteiger partial charge in [0.05, 0.1) is 19.6 Å². The van der Waals surface area contributed by atoms with Crippen LogP contribution in [0.4, 0.5) is 4.39 Å². The van der Waals surface area contributed by atoms with Gasteiger partial charge in [-0.25, -0.2) is 9.37 Å². The van der Waals surface area contributed by atoms with Crippen molar-refractivity contribution in [1.29, 1.82) is 0 Å². The largest absolute Gasteiger partial charge is 0.495 e. The third-order valence-corrected chi connectivity index (χ3v) is 4.45. The Kier molecular flexibility index (Phi) is 5.73. The highest BCUT2D eigenvalue weighted by atomic mass is 19.1. The molecule has 0 aliphatic rings. The standard InChI is InChI=1S/C21H23FN4O2/c1-14(2)26(21(27)20-12-25(3)13-24-20)11-15-5-6-19(22)18(7-15)16-8-17(28-4)10-23-9-16/h5-10,12-14H,11H2,1-4H3. The summed E-state index contributed by atoms with van der Waals surface area (Å²) in [5, 5.41) is 0. The highest BCUT2D eigenvalue weighted by molar-refractivity contribution is 5.92. The minimum atomic E-state index is -0.356. The number of benzene rings is 1. The predicted octanol–water partition coefficient (Wildman–Crippen LogP) is 3.68. The molecule has 0 N–H and O–H groups in total. The molecule has 0 saturated heterocycles. The zero-order valence-corrected chi connectivity index (χ0v) is 16.4. The number of hydrogen-bond acceptors (Lipinski definition) is 4. The van der Waals surface area contributed by atoms with Gasteiger partial charge >= 0.3 is 0 Å². The van der Waals surface area contributed by atoms with E-state index >= 15 is 0 Å². The van der Waals surface area contributed by atoms with Crippen molar-refractivity contribution < 1.29 is 13.9 Å². The summed E-state index contributed by atoms with van der Waals surface area (Å²) in [7, 11) is 3.36. The minimum absolute atomic E-state index is 0.0403. The van der Waals surface area contributed by atoms with Gasteiger partial charge in [0.25, 0.3) is 5.91 Å². The van der Waals surface area contributed by atoms with Gasteiger partial charge < -0.3 is 14.2 Å². The molecule has 3 aromatic rings. The molecule has 146 valence electrons. The highest BCUT2D eigenvalue weighted by Crippen LogP contribution is 2.27. The van der Waals surface area contributed by atoms with Crippen LogP contribution in [0.5, 0.6) is 5.75 Å². The number of aromatic nitrogens is 3. The lowest BCUT2D eigenvalue weighted by Gasteiger charge is -2.26. The van der Waals surface area contributed by atoms with Crippen LogP contribution in [-0.2, 0) is 13.6 Å². The maximum atomic E-state index is 14.5. The fourth-order valence-corrected chi connectivity index (χ4v) is 2.93. The number of amides is 1. The van der Waals surface area contributed by atoms with Crippen LogP contribution in [0.2, 0.25) is 0 Å². The molecule has 6 nitrogen and oxygen atoms in total. The summed E-state index contributed by atoms with van der Waals surface area (Å²) in [5.41, 5.74) is 2.23. The zero-order valence-electron chi connectivity index (χ0n) is 16.4. The van der Waals surface area contributed by atoms with E-state index in [0.29, 0.717) is 29.1 Å². The zero-order chi connectivity index (χ0) is 20.3. The van der Waals surface area contributed by atoms with Gasteiger partial charge in [-0.05, 0) is 37.6 Å². The van der Waals surface area contributed by atoms with E-state index in [4.69, 9.17) is 4.74 Å². The first-order valence-electron chi connectivity index (χ1n) is 8.95. The molecule has 1 amide bonds. The number of nitrogens with zero attached hydrogens (tertiary/aromatic N) is 4. The molecule has 3 rings (SSSR count). The van der Waals surface area contributed by atoms with E-state index in [-0.39, 0.29) is 17.8 Å². The molecule has 0 atom stereocenters. The average Bonchev–Trinajstić information content (AvgIpc) is 3.13. The van der Waals surface area contributed by atoms with Crippen LogP contribution < -0.4 is 4.74 Å². The second kappa shape index (κ2) is 8.21. The Balaban J connectivity index is 1.91. The van der Waals surface area contributed by atoms with Gasteiger partial charge in [0.1, 0.15) is 17.3 Å². The van der Waals surface area contributed by atoms with Crippen molar-refractivity contribution in [1.82, 2.24) is 19.4 Å². The molecular weight excluding hydrogens is 359 g/mol. The van der Waals surface area contributed by atoms with Crippen LogP contribution in [0.25, 0.3) is 11.1 Å². The van der Waals surface area contributed by atoms with Crippen LogP contribution in [0.3, 0.4) is 0 Å². The number of imidazole rings is 1. The van der Waals surface area contributed by atoms with Gasteiger partial charge in [-0.3, -0.25) is 9.78 Å². The van der Waals surface area contributed by atoms with Gasteiger partial charge in [-0.1, -0.05) is 6.07 Å². The fraction of sp³-hybridized carbons (Fsp3) is 0.286. The monoisotopic (exact) mass is 382 g/mol. The Morgan fingerprint density at radius 1 is 1.29 bits per heavy atom. The molecule has 0 radical (unpaired) electrons. The molecule has 0 aliphatic heterocycles. The van der Waals surface area contributed by atoms with Gasteiger partial charge in [-0.15, -0.1) is 0 Å². The molecule has 0 saturated carbocycles. The molecule has 2 heterocycles. The molecule has 2 aromatic heterocycles. The van der Waals surface area contributed by atoms with E-state index in [2.05, 4.69) is 9.97 Å². The van der Waals surface area contributed by atoms with E-state index < -0.39 is 0 Å². The Morgan fingerprint density at radius 2 is 2.07 bits per heavy atom. The van der Waals surface area contributed by atoms with Crippen molar-refractivity contribution in [2.45, 2.75) is 26.4 Å². The minimum Gasteiger partial charge on any atom is -0.495 e. The summed E-state index contributed by atoms with van der Waals surface area (Å²) in [6, 6.07) is 6.53. The number of methoxy groups -OCH3 is 1. The van der Waals surface area contributed by atoms with Crippen molar-refractivity contribution in [2.24, 2.45) is 7.05 Å². The first kappa shape index (κ1) is 19.5. The number of hydrogen-bond donors (Lipinski definition) is 0. The van der Waals surface area contributed by atoms with Crippen molar-refractivity contribution in [3.05, 3.63) is 66.3 Å². The van der Waals surface area contributed by atoms with Gasteiger partial charge in [-0.2, -0.15) is 0 Å². The lowest BCUT2D eigenvalue weighted by atomic mass is 10.0. The third-order valence-electron chi connectivity index (χ3n) is 4.45. The predicted molar refractivity (Wildman–Crippen MR) is 104 cm³/mol. The number of carbonyl (C=O) groups excluding carboxylic acids is 1. The van der Waals surface area contributed by atoms with E-state index in [1.807, 2.05) is 20.9 Å². The van der Waals surface area contributed by atoms with Gasteiger partial charge in [0, 0.05) is 43.2 Å². The average molecular weight is 382 g/mol. The Hall–Kier alpha value is -3.22. The van der Waals surface area contributed by atoms with Crippen molar-refractivity contribution >= 4 is 5.91 Å². The van der Waals surface area contributed by atoms with Crippen molar-refractivity contribution in [2.75, 3.05) is 7.11 Å². The van der Waals surface area contributed by atoms with Crippen LogP contribution in [0, 0.1) is 5.82 Å². The first-order chi connectivity index (χ1) is 13.4. The normalized spacial score (nSPS) is 10.9. The maximum absolute atomic E-state index is 14.5. The third kappa shape index (κ3) is 4.19. The van der Waals surface area contributed by atoms with Crippen molar-refractivity contribution in [3.63, 3.8) is 0 Å². The molecule has 0 spiro atoms. The SMILES string of the molecule is COc1cncc(-c2cc(CN(C(=O)c3cn(C)cn3)C(C)C)ccc2F)c1. The summed E-state index contributed by atoms with van der Waals surface area (Å²) in [6.45, 7) is 4.23. The smallest absolute Gasteiger partial charge is 0.274 e. The second-order valence-corrected chi connectivity index (χ2v) is 6.88. The topological polar surface area (TPSA) is 60.2 Å². The van der Waals surface area contributed by atoms with E-state index in [1.165, 1.54) is 13.2 Å². The number of halogens is 1. The summed E-state index contributed by atoms with van der Waals surface area (Å²) < 4.78 is 21.4. The number of rotatable bonds is 6. The Bertz CT molecular complexity index is 984. The molecule has 0 aliphatic carbocycles. The summed E-state index contributed by atoms with van der Waals surface area (Å²) in [6.07, 6.45) is 6.44.